The minimum Gasteiger partial charge on any atom is -0.496 e. The van der Waals surface area contributed by atoms with Crippen LogP contribution in [0, 0.1) is 0 Å². The van der Waals surface area contributed by atoms with Crippen LogP contribution in [0.4, 0.5) is 0 Å². The first-order valence-corrected chi connectivity index (χ1v) is 7.96. The highest BCUT2D eigenvalue weighted by molar-refractivity contribution is 5.94. The number of hydrogen-bond donors (Lipinski definition) is 1. The molecule has 4 nitrogen and oxygen atoms in total. The summed E-state index contributed by atoms with van der Waals surface area (Å²) >= 11 is 0. The third-order valence-corrected chi connectivity index (χ3v) is 3.62. The maximum absolute atomic E-state index is 12.4. The largest absolute Gasteiger partial charge is 0.496 e. The first-order chi connectivity index (χ1) is 11.7. The van der Waals surface area contributed by atoms with E-state index in [4.69, 9.17) is 9.47 Å². The van der Waals surface area contributed by atoms with Gasteiger partial charge in [0.25, 0.3) is 5.91 Å². The standard InChI is InChI=1S/C20H23NO3/c1-4-8-15-13-16(11-12-18(15)23-3)20(22)21-14-17-9-6-7-10-19(17)24-5-2/h4,6-7,9-13H,1,5,8,14H2,2-3H3,(H,21,22). The smallest absolute Gasteiger partial charge is 0.251 e. The van der Waals surface area contributed by atoms with Crippen LogP contribution >= 0.6 is 0 Å². The summed E-state index contributed by atoms with van der Waals surface area (Å²) in [6, 6.07) is 13.1. The van der Waals surface area contributed by atoms with E-state index in [0.29, 0.717) is 25.1 Å². The van der Waals surface area contributed by atoms with E-state index in [1.54, 1.807) is 19.3 Å². The van der Waals surface area contributed by atoms with Crippen molar-refractivity contribution in [3.8, 4) is 11.5 Å². The van der Waals surface area contributed by atoms with Gasteiger partial charge in [0.1, 0.15) is 11.5 Å². The maximum Gasteiger partial charge on any atom is 0.251 e. The molecular weight excluding hydrogens is 302 g/mol. The Labute approximate surface area is 143 Å². The molecule has 0 aliphatic heterocycles. The lowest BCUT2D eigenvalue weighted by Gasteiger charge is -2.12. The summed E-state index contributed by atoms with van der Waals surface area (Å²) in [6.45, 7) is 6.68. The van der Waals surface area contributed by atoms with Crippen LogP contribution in [0.1, 0.15) is 28.4 Å². The van der Waals surface area contributed by atoms with Gasteiger partial charge < -0.3 is 14.8 Å². The van der Waals surface area contributed by atoms with E-state index in [0.717, 1.165) is 22.6 Å². The van der Waals surface area contributed by atoms with Crippen LogP contribution in [0.5, 0.6) is 11.5 Å². The average molecular weight is 325 g/mol. The highest BCUT2D eigenvalue weighted by Crippen LogP contribution is 2.21. The lowest BCUT2D eigenvalue weighted by atomic mass is 10.1. The predicted molar refractivity (Wildman–Crippen MR) is 95.7 cm³/mol. The first-order valence-electron chi connectivity index (χ1n) is 7.96. The number of amides is 1. The Bertz CT molecular complexity index is 710. The summed E-state index contributed by atoms with van der Waals surface area (Å²) in [6.07, 6.45) is 2.44. The number of hydrogen-bond acceptors (Lipinski definition) is 3. The number of benzene rings is 2. The molecule has 0 aliphatic rings. The van der Waals surface area contributed by atoms with Crippen LogP contribution in [0.25, 0.3) is 0 Å². The molecule has 0 bridgehead atoms. The van der Waals surface area contributed by atoms with Crippen LogP contribution < -0.4 is 14.8 Å². The van der Waals surface area contributed by atoms with Gasteiger partial charge in [0.05, 0.1) is 13.7 Å². The van der Waals surface area contributed by atoms with Gasteiger partial charge in [-0.15, -0.1) is 6.58 Å². The number of ether oxygens (including phenoxy) is 2. The van der Waals surface area contributed by atoms with Crippen LogP contribution in [-0.4, -0.2) is 19.6 Å². The molecule has 0 radical (unpaired) electrons. The molecule has 0 unspecified atom stereocenters. The topological polar surface area (TPSA) is 47.6 Å². The van der Waals surface area contributed by atoms with Crippen molar-refractivity contribution in [1.82, 2.24) is 5.32 Å². The minimum absolute atomic E-state index is 0.130. The molecule has 4 heteroatoms. The van der Waals surface area contributed by atoms with Gasteiger partial charge in [-0.25, -0.2) is 0 Å². The number of allylic oxidation sites excluding steroid dienone is 1. The summed E-state index contributed by atoms with van der Waals surface area (Å²) in [5.74, 6) is 1.42. The molecule has 1 amide bonds. The lowest BCUT2D eigenvalue weighted by Crippen LogP contribution is -2.23. The fourth-order valence-corrected chi connectivity index (χ4v) is 2.46. The number of carbonyl (C=O) groups is 1. The molecule has 2 aromatic rings. The molecule has 2 aromatic carbocycles. The van der Waals surface area contributed by atoms with E-state index in [1.807, 2.05) is 43.3 Å². The number of carbonyl (C=O) groups excluding carboxylic acids is 1. The molecule has 0 aromatic heterocycles. The van der Waals surface area contributed by atoms with Gasteiger partial charge in [0.2, 0.25) is 0 Å². The zero-order valence-corrected chi connectivity index (χ0v) is 14.2. The molecule has 24 heavy (non-hydrogen) atoms. The quantitative estimate of drug-likeness (QED) is 0.752. The number of nitrogens with one attached hydrogen (secondary N) is 1. The summed E-state index contributed by atoms with van der Waals surface area (Å²) in [7, 11) is 1.62. The molecule has 0 heterocycles. The Balaban J connectivity index is 2.10. The molecule has 0 atom stereocenters. The van der Waals surface area contributed by atoms with Crippen molar-refractivity contribution in [1.29, 1.82) is 0 Å². The van der Waals surface area contributed by atoms with Crippen molar-refractivity contribution >= 4 is 5.91 Å². The zero-order chi connectivity index (χ0) is 17.4. The van der Waals surface area contributed by atoms with Crippen molar-refractivity contribution in [3.63, 3.8) is 0 Å². The second kappa shape index (κ2) is 8.77. The van der Waals surface area contributed by atoms with Gasteiger partial charge in [-0.1, -0.05) is 24.3 Å². The molecule has 0 fully saturated rings. The maximum atomic E-state index is 12.4. The second-order valence-electron chi connectivity index (χ2n) is 5.24. The molecule has 0 aliphatic carbocycles. The monoisotopic (exact) mass is 325 g/mol. The van der Waals surface area contributed by atoms with Crippen molar-refractivity contribution in [2.45, 2.75) is 19.9 Å². The minimum atomic E-state index is -0.130. The summed E-state index contributed by atoms with van der Waals surface area (Å²) in [4.78, 5) is 12.4. The van der Waals surface area contributed by atoms with Gasteiger partial charge in [-0.2, -0.15) is 0 Å². The molecular formula is C20H23NO3. The van der Waals surface area contributed by atoms with E-state index >= 15 is 0 Å². The van der Waals surface area contributed by atoms with Gasteiger partial charge in [0.15, 0.2) is 0 Å². The van der Waals surface area contributed by atoms with Crippen LogP contribution in [-0.2, 0) is 13.0 Å². The molecule has 2 rings (SSSR count). The summed E-state index contributed by atoms with van der Waals surface area (Å²) < 4.78 is 10.9. The SMILES string of the molecule is C=CCc1cc(C(=O)NCc2ccccc2OCC)ccc1OC. The predicted octanol–water partition coefficient (Wildman–Crippen LogP) is 3.75. The van der Waals surface area contributed by atoms with Gasteiger partial charge >= 0.3 is 0 Å². The third kappa shape index (κ3) is 4.38. The van der Waals surface area contributed by atoms with Crippen molar-refractivity contribution in [3.05, 3.63) is 71.8 Å². The number of rotatable bonds is 8. The summed E-state index contributed by atoms with van der Waals surface area (Å²) in [5.41, 5.74) is 2.49. The fourth-order valence-electron chi connectivity index (χ4n) is 2.46. The Morgan fingerprint density at radius 3 is 2.67 bits per heavy atom. The Hall–Kier alpha value is -2.75. The Morgan fingerprint density at radius 2 is 1.96 bits per heavy atom. The normalized spacial score (nSPS) is 10.1. The second-order valence-corrected chi connectivity index (χ2v) is 5.24. The molecule has 0 saturated heterocycles. The molecule has 0 spiro atoms. The van der Waals surface area contributed by atoms with Crippen LogP contribution in [0.15, 0.2) is 55.1 Å². The van der Waals surface area contributed by atoms with E-state index in [-0.39, 0.29) is 5.91 Å². The van der Waals surface area contributed by atoms with Gasteiger partial charge in [-0.3, -0.25) is 4.79 Å². The van der Waals surface area contributed by atoms with Gasteiger partial charge in [0, 0.05) is 17.7 Å². The van der Waals surface area contributed by atoms with Crippen molar-refractivity contribution in [2.75, 3.05) is 13.7 Å². The Morgan fingerprint density at radius 1 is 1.17 bits per heavy atom. The van der Waals surface area contributed by atoms with E-state index in [9.17, 15) is 4.79 Å². The first kappa shape index (κ1) is 17.6. The highest BCUT2D eigenvalue weighted by Gasteiger charge is 2.10. The lowest BCUT2D eigenvalue weighted by molar-refractivity contribution is 0.0950. The zero-order valence-electron chi connectivity index (χ0n) is 14.2. The van der Waals surface area contributed by atoms with Crippen molar-refractivity contribution < 1.29 is 14.3 Å². The van der Waals surface area contributed by atoms with Gasteiger partial charge in [-0.05, 0) is 43.2 Å². The van der Waals surface area contributed by atoms with Crippen LogP contribution in [0.3, 0.4) is 0 Å². The van der Waals surface area contributed by atoms with Crippen molar-refractivity contribution in [2.24, 2.45) is 0 Å². The Kier molecular flexibility index (Phi) is 6.43. The fraction of sp³-hybridized carbons (Fsp3) is 0.250. The summed E-state index contributed by atoms with van der Waals surface area (Å²) in [5, 5.41) is 2.94. The number of methoxy groups -OCH3 is 1. The van der Waals surface area contributed by atoms with Crippen LogP contribution in [0.2, 0.25) is 0 Å². The third-order valence-electron chi connectivity index (χ3n) is 3.62. The highest BCUT2D eigenvalue weighted by atomic mass is 16.5. The number of para-hydroxylation sites is 1. The molecule has 126 valence electrons. The van der Waals surface area contributed by atoms with E-state index in [2.05, 4.69) is 11.9 Å². The molecule has 1 N–H and O–H groups in total. The van der Waals surface area contributed by atoms with E-state index in [1.165, 1.54) is 0 Å². The molecule has 0 saturated carbocycles. The average Bonchev–Trinajstić information content (AvgIpc) is 2.61. The van der Waals surface area contributed by atoms with E-state index < -0.39 is 0 Å².